The van der Waals surface area contributed by atoms with Gasteiger partial charge in [0.25, 0.3) is 5.91 Å². The maximum atomic E-state index is 12.9. The molecule has 0 unspecified atom stereocenters. The molecular formula is C19H22N2O4S. The summed E-state index contributed by atoms with van der Waals surface area (Å²) < 4.78 is 27.0. The van der Waals surface area contributed by atoms with E-state index in [0.29, 0.717) is 19.4 Å². The van der Waals surface area contributed by atoms with Crippen LogP contribution >= 0.6 is 0 Å². The lowest BCUT2D eigenvalue weighted by atomic mass is 10.2. The molecule has 138 valence electrons. The van der Waals surface area contributed by atoms with Crippen LogP contribution in [0.1, 0.15) is 24.0 Å². The molecule has 1 amide bonds. The maximum Gasteiger partial charge on any atom is 0.261 e. The van der Waals surface area contributed by atoms with Crippen molar-refractivity contribution in [2.45, 2.75) is 37.3 Å². The van der Waals surface area contributed by atoms with Crippen LogP contribution in [-0.4, -0.2) is 31.2 Å². The van der Waals surface area contributed by atoms with E-state index in [-0.39, 0.29) is 11.5 Å². The highest BCUT2D eigenvalue weighted by Crippen LogP contribution is 2.26. The minimum atomic E-state index is -3.71. The summed E-state index contributed by atoms with van der Waals surface area (Å²) in [4.78, 5) is 17.9. The number of sulfonamides is 1. The Kier molecular flexibility index (Phi) is 5.70. The van der Waals surface area contributed by atoms with Crippen LogP contribution in [0.25, 0.3) is 0 Å². The third-order valence-electron chi connectivity index (χ3n) is 4.39. The molecule has 1 N–H and O–H groups in total. The van der Waals surface area contributed by atoms with Gasteiger partial charge in [0.15, 0.2) is 0 Å². The van der Waals surface area contributed by atoms with Gasteiger partial charge in [0.2, 0.25) is 10.0 Å². The quantitative estimate of drug-likeness (QED) is 0.788. The summed E-state index contributed by atoms with van der Waals surface area (Å²) in [7, 11) is -3.71. The summed E-state index contributed by atoms with van der Waals surface area (Å²) in [5.41, 5.74) is 4.29. The van der Waals surface area contributed by atoms with Crippen molar-refractivity contribution >= 4 is 15.9 Å². The Hall–Kier alpha value is -2.22. The standard InChI is InChI=1S/C19H22N2O4S/c1-15-9-11-17(12-10-15)26(23,24)21-13-5-8-18(21)19(22)20-25-14-16-6-3-2-4-7-16/h2-4,6-7,9-12,18H,5,8,13-14H2,1H3,(H,20,22)/t18-/m0/s1. The molecule has 0 saturated carbocycles. The van der Waals surface area contributed by atoms with Crippen LogP contribution in [0.2, 0.25) is 0 Å². The lowest BCUT2D eigenvalue weighted by Gasteiger charge is -2.23. The Balaban J connectivity index is 1.65. The molecule has 26 heavy (non-hydrogen) atoms. The van der Waals surface area contributed by atoms with E-state index in [1.54, 1.807) is 24.3 Å². The average Bonchev–Trinajstić information content (AvgIpc) is 3.14. The Morgan fingerprint density at radius 1 is 1.15 bits per heavy atom. The fraction of sp³-hybridized carbons (Fsp3) is 0.316. The molecule has 0 aromatic heterocycles. The molecule has 0 aliphatic carbocycles. The second-order valence-electron chi connectivity index (χ2n) is 6.33. The topological polar surface area (TPSA) is 75.7 Å². The second-order valence-corrected chi connectivity index (χ2v) is 8.22. The van der Waals surface area contributed by atoms with Crippen LogP contribution in [0.4, 0.5) is 0 Å². The molecule has 3 rings (SSSR count). The third-order valence-corrected chi connectivity index (χ3v) is 6.31. The fourth-order valence-corrected chi connectivity index (χ4v) is 4.62. The second kappa shape index (κ2) is 7.99. The Morgan fingerprint density at radius 2 is 1.85 bits per heavy atom. The van der Waals surface area contributed by atoms with Crippen molar-refractivity contribution in [1.29, 1.82) is 0 Å². The summed E-state index contributed by atoms with van der Waals surface area (Å²) in [6.45, 7) is 2.45. The number of hydroxylamine groups is 1. The summed E-state index contributed by atoms with van der Waals surface area (Å²) in [5.74, 6) is -0.436. The molecule has 1 aliphatic heterocycles. The first-order chi connectivity index (χ1) is 12.5. The molecule has 2 aromatic rings. The zero-order chi connectivity index (χ0) is 18.6. The van der Waals surface area contributed by atoms with E-state index in [4.69, 9.17) is 4.84 Å². The van der Waals surface area contributed by atoms with E-state index in [0.717, 1.165) is 11.1 Å². The van der Waals surface area contributed by atoms with Crippen LogP contribution in [-0.2, 0) is 26.3 Å². The average molecular weight is 374 g/mol. The highest BCUT2D eigenvalue weighted by atomic mass is 32.2. The Bertz CT molecular complexity index is 851. The molecule has 1 fully saturated rings. The highest BCUT2D eigenvalue weighted by molar-refractivity contribution is 7.89. The van der Waals surface area contributed by atoms with Gasteiger partial charge in [-0.1, -0.05) is 48.0 Å². The molecule has 1 atom stereocenters. The minimum absolute atomic E-state index is 0.202. The molecule has 2 aromatic carbocycles. The molecule has 1 aliphatic rings. The van der Waals surface area contributed by atoms with Gasteiger partial charge in [-0.05, 0) is 37.5 Å². The van der Waals surface area contributed by atoms with Crippen molar-refractivity contribution in [2.24, 2.45) is 0 Å². The van der Waals surface area contributed by atoms with E-state index in [2.05, 4.69) is 5.48 Å². The van der Waals surface area contributed by atoms with E-state index >= 15 is 0 Å². The third kappa shape index (κ3) is 4.12. The van der Waals surface area contributed by atoms with E-state index in [1.807, 2.05) is 37.3 Å². The lowest BCUT2D eigenvalue weighted by Crippen LogP contribution is -2.45. The molecule has 0 spiro atoms. The van der Waals surface area contributed by atoms with Crippen molar-refractivity contribution in [3.05, 3.63) is 65.7 Å². The van der Waals surface area contributed by atoms with Gasteiger partial charge in [0.05, 0.1) is 11.5 Å². The van der Waals surface area contributed by atoms with Crippen LogP contribution in [0.15, 0.2) is 59.5 Å². The van der Waals surface area contributed by atoms with Gasteiger partial charge in [0.1, 0.15) is 6.04 Å². The smallest absolute Gasteiger partial charge is 0.261 e. The summed E-state index contributed by atoms with van der Waals surface area (Å²) >= 11 is 0. The number of carbonyl (C=O) groups excluding carboxylic acids is 1. The zero-order valence-electron chi connectivity index (χ0n) is 14.6. The van der Waals surface area contributed by atoms with E-state index in [1.165, 1.54) is 4.31 Å². The number of amides is 1. The van der Waals surface area contributed by atoms with Gasteiger partial charge < -0.3 is 0 Å². The number of hydrogen-bond donors (Lipinski definition) is 1. The number of aryl methyl sites for hydroxylation is 1. The van der Waals surface area contributed by atoms with Gasteiger partial charge in [-0.25, -0.2) is 13.9 Å². The molecule has 7 heteroatoms. The Morgan fingerprint density at radius 3 is 2.54 bits per heavy atom. The first-order valence-corrected chi connectivity index (χ1v) is 9.96. The number of rotatable bonds is 6. The van der Waals surface area contributed by atoms with Crippen LogP contribution < -0.4 is 5.48 Å². The van der Waals surface area contributed by atoms with Crippen molar-refractivity contribution < 1.29 is 18.0 Å². The number of nitrogens with one attached hydrogen (secondary N) is 1. The van der Waals surface area contributed by atoms with E-state index in [9.17, 15) is 13.2 Å². The van der Waals surface area contributed by atoms with Crippen molar-refractivity contribution in [3.8, 4) is 0 Å². The van der Waals surface area contributed by atoms with Crippen molar-refractivity contribution in [3.63, 3.8) is 0 Å². The number of benzene rings is 2. The minimum Gasteiger partial charge on any atom is -0.271 e. The Labute approximate surface area is 153 Å². The van der Waals surface area contributed by atoms with Crippen molar-refractivity contribution in [2.75, 3.05) is 6.54 Å². The number of carbonyl (C=O) groups is 1. The molecule has 1 saturated heterocycles. The first-order valence-electron chi connectivity index (χ1n) is 8.52. The summed E-state index contributed by atoms with van der Waals surface area (Å²) in [5, 5.41) is 0. The highest BCUT2D eigenvalue weighted by Gasteiger charge is 2.39. The SMILES string of the molecule is Cc1ccc(S(=O)(=O)N2CCC[C@H]2C(=O)NOCc2ccccc2)cc1. The van der Waals surface area contributed by atoms with Gasteiger partial charge in [0, 0.05) is 6.54 Å². The fourth-order valence-electron chi connectivity index (χ4n) is 2.97. The molecule has 0 radical (unpaired) electrons. The number of hydrogen-bond acceptors (Lipinski definition) is 4. The molecule has 1 heterocycles. The lowest BCUT2D eigenvalue weighted by molar-refractivity contribution is -0.137. The van der Waals surface area contributed by atoms with E-state index < -0.39 is 22.0 Å². The maximum absolute atomic E-state index is 12.9. The molecule has 6 nitrogen and oxygen atoms in total. The van der Waals surface area contributed by atoms with Crippen molar-refractivity contribution in [1.82, 2.24) is 9.79 Å². The van der Waals surface area contributed by atoms with Gasteiger partial charge in [-0.3, -0.25) is 9.63 Å². The predicted molar refractivity (Wildman–Crippen MR) is 97.5 cm³/mol. The molecular weight excluding hydrogens is 352 g/mol. The van der Waals surface area contributed by atoms with Gasteiger partial charge in [-0.2, -0.15) is 4.31 Å². The van der Waals surface area contributed by atoms with Gasteiger partial charge in [-0.15, -0.1) is 0 Å². The normalized spacial score (nSPS) is 18.0. The van der Waals surface area contributed by atoms with Gasteiger partial charge >= 0.3 is 0 Å². The molecule has 0 bridgehead atoms. The zero-order valence-corrected chi connectivity index (χ0v) is 15.4. The first kappa shape index (κ1) is 18.6. The monoisotopic (exact) mass is 374 g/mol. The van der Waals surface area contributed by atoms with Crippen LogP contribution in [0, 0.1) is 6.92 Å². The number of nitrogens with zero attached hydrogens (tertiary/aromatic N) is 1. The largest absolute Gasteiger partial charge is 0.271 e. The van der Waals surface area contributed by atoms with Crippen LogP contribution in [0.5, 0.6) is 0 Å². The summed E-state index contributed by atoms with van der Waals surface area (Å²) in [6, 6.07) is 15.3. The summed E-state index contributed by atoms with van der Waals surface area (Å²) in [6.07, 6.45) is 1.12. The van der Waals surface area contributed by atoms with Crippen LogP contribution in [0.3, 0.4) is 0 Å². The predicted octanol–water partition coefficient (Wildman–Crippen LogP) is 2.40.